The molecule has 0 aliphatic rings. The largest absolute Gasteiger partial charge is 0.352 e. The maximum absolute atomic E-state index is 12.8. The minimum absolute atomic E-state index is 0.171. The third-order valence-corrected chi connectivity index (χ3v) is 4.72. The number of nitrogens with zero attached hydrogens (tertiary/aromatic N) is 1. The van der Waals surface area contributed by atoms with Crippen molar-refractivity contribution in [3.8, 4) is 0 Å². The Balaban J connectivity index is 1.79. The number of hydrogen-bond donors (Lipinski definition) is 2. The Morgan fingerprint density at radius 2 is 1.78 bits per heavy atom. The first-order valence-corrected chi connectivity index (χ1v) is 9.36. The number of carbonyl (C=O) groups is 2. The molecule has 6 heteroatoms. The van der Waals surface area contributed by atoms with Gasteiger partial charge in [-0.25, -0.2) is 4.98 Å². The predicted molar refractivity (Wildman–Crippen MR) is 107 cm³/mol. The first-order valence-electron chi connectivity index (χ1n) is 8.55. The highest BCUT2D eigenvalue weighted by atomic mass is 32.2. The highest BCUT2D eigenvalue weighted by molar-refractivity contribution is 7.99. The zero-order valence-corrected chi connectivity index (χ0v) is 15.6. The second-order valence-corrected chi connectivity index (χ2v) is 6.73. The SMILES string of the molecule is CCNC(=O)c1cccc(NC(=O)c2cccnc2Sc2ccccc2)c1. The summed E-state index contributed by atoms with van der Waals surface area (Å²) in [5.41, 5.74) is 1.54. The number of carbonyl (C=O) groups excluding carboxylic acids is 2. The van der Waals surface area contributed by atoms with Gasteiger partial charge in [0.15, 0.2) is 0 Å². The van der Waals surface area contributed by atoms with Gasteiger partial charge < -0.3 is 10.6 Å². The molecule has 1 heterocycles. The molecule has 5 nitrogen and oxygen atoms in total. The lowest BCUT2D eigenvalue weighted by molar-refractivity contribution is 0.0954. The van der Waals surface area contributed by atoms with E-state index in [4.69, 9.17) is 0 Å². The molecule has 2 N–H and O–H groups in total. The second kappa shape index (κ2) is 9.00. The maximum Gasteiger partial charge on any atom is 0.258 e. The van der Waals surface area contributed by atoms with Gasteiger partial charge >= 0.3 is 0 Å². The summed E-state index contributed by atoms with van der Waals surface area (Å²) in [5, 5.41) is 6.22. The summed E-state index contributed by atoms with van der Waals surface area (Å²) in [6.07, 6.45) is 1.66. The molecule has 0 saturated heterocycles. The highest BCUT2D eigenvalue weighted by Crippen LogP contribution is 2.28. The van der Waals surface area contributed by atoms with Crippen LogP contribution in [0.1, 0.15) is 27.6 Å². The van der Waals surface area contributed by atoms with Crippen LogP contribution in [0.4, 0.5) is 5.69 Å². The van der Waals surface area contributed by atoms with Crippen LogP contribution in [-0.4, -0.2) is 23.3 Å². The molecular weight excluding hydrogens is 358 g/mol. The van der Waals surface area contributed by atoms with Gasteiger partial charge in [-0.2, -0.15) is 0 Å². The van der Waals surface area contributed by atoms with E-state index in [1.54, 1.807) is 42.6 Å². The summed E-state index contributed by atoms with van der Waals surface area (Å²) in [6, 6.07) is 20.1. The molecule has 3 rings (SSSR count). The number of amides is 2. The molecule has 0 aliphatic carbocycles. The van der Waals surface area contributed by atoms with Crippen molar-refractivity contribution in [2.24, 2.45) is 0 Å². The number of nitrogens with one attached hydrogen (secondary N) is 2. The number of benzene rings is 2. The van der Waals surface area contributed by atoms with Gasteiger partial charge in [0.05, 0.1) is 5.56 Å². The van der Waals surface area contributed by atoms with Crippen molar-refractivity contribution in [2.45, 2.75) is 16.8 Å². The Bertz CT molecular complexity index is 945. The van der Waals surface area contributed by atoms with Gasteiger partial charge in [-0.05, 0) is 49.4 Å². The summed E-state index contributed by atoms with van der Waals surface area (Å²) in [6.45, 7) is 2.41. The van der Waals surface area contributed by atoms with Crippen LogP contribution in [0.25, 0.3) is 0 Å². The van der Waals surface area contributed by atoms with Crippen LogP contribution in [-0.2, 0) is 0 Å². The molecule has 0 radical (unpaired) electrons. The zero-order chi connectivity index (χ0) is 19.1. The van der Waals surface area contributed by atoms with Crippen LogP contribution in [0.15, 0.2) is 82.8 Å². The van der Waals surface area contributed by atoms with Crippen LogP contribution >= 0.6 is 11.8 Å². The molecule has 2 aromatic carbocycles. The molecule has 0 saturated carbocycles. The smallest absolute Gasteiger partial charge is 0.258 e. The lowest BCUT2D eigenvalue weighted by Gasteiger charge is -2.10. The number of aromatic nitrogens is 1. The Morgan fingerprint density at radius 3 is 2.56 bits per heavy atom. The first kappa shape index (κ1) is 18.7. The van der Waals surface area contributed by atoms with Crippen LogP contribution in [0.2, 0.25) is 0 Å². The first-order chi connectivity index (χ1) is 13.2. The Hall–Kier alpha value is -3.12. The minimum Gasteiger partial charge on any atom is -0.352 e. The van der Waals surface area contributed by atoms with Gasteiger partial charge in [0.25, 0.3) is 11.8 Å². The normalized spacial score (nSPS) is 10.3. The van der Waals surface area contributed by atoms with E-state index in [1.165, 1.54) is 11.8 Å². The molecule has 0 bridgehead atoms. The van der Waals surface area contributed by atoms with Gasteiger partial charge in [-0.1, -0.05) is 36.0 Å². The van der Waals surface area contributed by atoms with E-state index in [1.807, 2.05) is 37.3 Å². The molecule has 1 aromatic heterocycles. The van der Waals surface area contributed by atoms with Crippen LogP contribution < -0.4 is 10.6 Å². The maximum atomic E-state index is 12.8. The van der Waals surface area contributed by atoms with E-state index < -0.39 is 0 Å². The summed E-state index contributed by atoms with van der Waals surface area (Å²) < 4.78 is 0. The van der Waals surface area contributed by atoms with E-state index in [-0.39, 0.29) is 11.8 Å². The molecule has 0 spiro atoms. The predicted octanol–water partition coefficient (Wildman–Crippen LogP) is 4.23. The fourth-order valence-electron chi connectivity index (χ4n) is 2.44. The zero-order valence-electron chi connectivity index (χ0n) is 14.8. The molecule has 2 amide bonds. The lowest BCUT2D eigenvalue weighted by atomic mass is 10.1. The Morgan fingerprint density at radius 1 is 0.963 bits per heavy atom. The second-order valence-electron chi connectivity index (χ2n) is 5.67. The lowest BCUT2D eigenvalue weighted by Crippen LogP contribution is -2.22. The van der Waals surface area contributed by atoms with E-state index >= 15 is 0 Å². The Labute approximate surface area is 162 Å². The van der Waals surface area contributed by atoms with Crippen molar-refractivity contribution in [3.63, 3.8) is 0 Å². The van der Waals surface area contributed by atoms with E-state index in [9.17, 15) is 9.59 Å². The quantitative estimate of drug-likeness (QED) is 0.674. The van der Waals surface area contributed by atoms with Crippen LogP contribution in [0, 0.1) is 0 Å². The topological polar surface area (TPSA) is 71.1 Å². The fourth-order valence-corrected chi connectivity index (χ4v) is 3.35. The average Bonchev–Trinajstić information content (AvgIpc) is 2.69. The molecule has 27 heavy (non-hydrogen) atoms. The van der Waals surface area contributed by atoms with Crippen molar-refractivity contribution in [3.05, 3.63) is 84.1 Å². The number of anilines is 1. The molecule has 3 aromatic rings. The third kappa shape index (κ3) is 4.95. The molecule has 0 aliphatic heterocycles. The Kier molecular flexibility index (Phi) is 6.22. The standard InChI is InChI=1S/C21H19N3O2S/c1-2-22-19(25)15-8-6-9-16(14-15)24-20(26)18-12-7-13-23-21(18)27-17-10-4-3-5-11-17/h3-14H,2H2,1H3,(H,22,25)(H,24,26). The van der Waals surface area contributed by atoms with E-state index in [0.29, 0.717) is 28.4 Å². The van der Waals surface area contributed by atoms with Crippen molar-refractivity contribution in [1.82, 2.24) is 10.3 Å². The van der Waals surface area contributed by atoms with Crippen molar-refractivity contribution in [1.29, 1.82) is 0 Å². The minimum atomic E-state index is -0.269. The average molecular weight is 377 g/mol. The third-order valence-electron chi connectivity index (χ3n) is 3.69. The number of hydrogen-bond acceptors (Lipinski definition) is 4. The van der Waals surface area contributed by atoms with Gasteiger partial charge in [0.1, 0.15) is 5.03 Å². The van der Waals surface area contributed by atoms with Crippen LogP contribution in [0.5, 0.6) is 0 Å². The van der Waals surface area contributed by atoms with Crippen LogP contribution in [0.3, 0.4) is 0 Å². The summed E-state index contributed by atoms with van der Waals surface area (Å²) in [7, 11) is 0. The molecule has 136 valence electrons. The summed E-state index contributed by atoms with van der Waals surface area (Å²) in [4.78, 5) is 30.1. The molecule has 0 atom stereocenters. The molecule has 0 unspecified atom stereocenters. The van der Waals surface area contributed by atoms with E-state index in [0.717, 1.165) is 4.90 Å². The fraction of sp³-hybridized carbons (Fsp3) is 0.0952. The van der Waals surface area contributed by atoms with E-state index in [2.05, 4.69) is 15.6 Å². The van der Waals surface area contributed by atoms with Crippen molar-refractivity contribution < 1.29 is 9.59 Å². The number of rotatable bonds is 6. The van der Waals surface area contributed by atoms with Gasteiger partial charge in [0.2, 0.25) is 0 Å². The van der Waals surface area contributed by atoms with Gasteiger partial charge in [-0.3, -0.25) is 9.59 Å². The van der Waals surface area contributed by atoms with Gasteiger partial charge in [-0.15, -0.1) is 0 Å². The van der Waals surface area contributed by atoms with Crippen molar-refractivity contribution >= 4 is 29.3 Å². The molecular formula is C21H19N3O2S. The van der Waals surface area contributed by atoms with Gasteiger partial charge in [0, 0.05) is 28.9 Å². The highest BCUT2D eigenvalue weighted by Gasteiger charge is 2.14. The van der Waals surface area contributed by atoms with Crippen molar-refractivity contribution in [2.75, 3.05) is 11.9 Å². The molecule has 0 fully saturated rings. The summed E-state index contributed by atoms with van der Waals surface area (Å²) in [5.74, 6) is -0.440. The number of pyridine rings is 1. The monoisotopic (exact) mass is 377 g/mol. The summed E-state index contributed by atoms with van der Waals surface area (Å²) >= 11 is 1.43.